The third kappa shape index (κ3) is 3.53. The van der Waals surface area contributed by atoms with Crippen molar-refractivity contribution in [2.45, 2.75) is 30.5 Å². The van der Waals surface area contributed by atoms with Crippen LogP contribution in [0.25, 0.3) is 0 Å². The molecule has 1 heterocycles. The molecule has 2 unspecified atom stereocenters. The maximum absolute atomic E-state index is 12.1. The van der Waals surface area contributed by atoms with Crippen LogP contribution in [0.2, 0.25) is 0 Å². The highest BCUT2D eigenvalue weighted by Crippen LogP contribution is 2.28. The number of hydrogen-bond donors (Lipinski definition) is 2. The van der Waals surface area contributed by atoms with Crippen molar-refractivity contribution >= 4 is 43.2 Å². The van der Waals surface area contributed by atoms with Gasteiger partial charge in [0, 0.05) is 4.47 Å². The first-order valence-corrected chi connectivity index (χ1v) is 8.49. The summed E-state index contributed by atoms with van der Waals surface area (Å²) in [5.41, 5.74) is 5.24. The molecule has 5 nitrogen and oxygen atoms in total. The second kappa shape index (κ2) is 6.14. The van der Waals surface area contributed by atoms with Crippen LogP contribution >= 0.6 is 27.3 Å². The Balaban J connectivity index is 3.01. The van der Waals surface area contributed by atoms with Crippen LogP contribution in [0.3, 0.4) is 0 Å². The molecular formula is C10H15BrN2O3S2. The standard InChI is InChI=1S/C10H15BrN2O3S2/c1-3-6(2)8(9(12)14)13-18(15,16)10-7(11)4-5-17-10/h4-6,8,13H,3H2,1-2H3,(H2,12,14). The van der Waals surface area contributed by atoms with Crippen molar-refractivity contribution in [1.29, 1.82) is 0 Å². The first-order valence-electron chi connectivity index (χ1n) is 5.34. The first kappa shape index (κ1) is 15.6. The molecular weight excluding hydrogens is 340 g/mol. The van der Waals surface area contributed by atoms with E-state index in [0.29, 0.717) is 10.9 Å². The molecule has 0 aliphatic rings. The Morgan fingerprint density at radius 1 is 1.61 bits per heavy atom. The van der Waals surface area contributed by atoms with E-state index in [9.17, 15) is 13.2 Å². The lowest BCUT2D eigenvalue weighted by Crippen LogP contribution is -2.48. The number of halogens is 1. The van der Waals surface area contributed by atoms with Gasteiger partial charge in [0.05, 0.1) is 0 Å². The summed E-state index contributed by atoms with van der Waals surface area (Å²) >= 11 is 4.24. The molecule has 0 radical (unpaired) electrons. The minimum atomic E-state index is -3.73. The zero-order chi connectivity index (χ0) is 13.9. The lowest BCUT2D eigenvalue weighted by Gasteiger charge is -2.20. The van der Waals surface area contributed by atoms with Crippen molar-refractivity contribution in [1.82, 2.24) is 4.72 Å². The Morgan fingerprint density at radius 2 is 2.22 bits per heavy atom. The summed E-state index contributed by atoms with van der Waals surface area (Å²) < 4.78 is 27.2. The molecule has 0 bridgehead atoms. The molecule has 0 saturated carbocycles. The van der Waals surface area contributed by atoms with Crippen LogP contribution in [0.1, 0.15) is 20.3 Å². The molecule has 1 rings (SSSR count). The molecule has 0 spiro atoms. The Labute approximate surface area is 119 Å². The molecule has 3 N–H and O–H groups in total. The molecule has 2 atom stereocenters. The highest BCUT2D eigenvalue weighted by atomic mass is 79.9. The third-order valence-electron chi connectivity index (χ3n) is 2.63. The van der Waals surface area contributed by atoms with Gasteiger partial charge >= 0.3 is 0 Å². The van der Waals surface area contributed by atoms with Gasteiger partial charge in [-0.1, -0.05) is 20.3 Å². The van der Waals surface area contributed by atoms with E-state index in [1.54, 1.807) is 18.4 Å². The number of nitrogens with one attached hydrogen (secondary N) is 1. The second-order valence-electron chi connectivity index (χ2n) is 3.94. The number of carbonyl (C=O) groups is 1. The van der Waals surface area contributed by atoms with Crippen LogP contribution in [-0.2, 0) is 14.8 Å². The average molecular weight is 355 g/mol. The number of carbonyl (C=O) groups excluding carboxylic acids is 1. The smallest absolute Gasteiger partial charge is 0.251 e. The highest BCUT2D eigenvalue weighted by molar-refractivity contribution is 9.10. The molecule has 1 aromatic heterocycles. The fraction of sp³-hybridized carbons (Fsp3) is 0.500. The molecule has 0 aliphatic carbocycles. The molecule has 0 saturated heterocycles. The predicted molar refractivity (Wildman–Crippen MR) is 74.8 cm³/mol. The maximum atomic E-state index is 12.1. The minimum absolute atomic E-state index is 0.150. The number of rotatable bonds is 6. The van der Waals surface area contributed by atoms with E-state index >= 15 is 0 Å². The van der Waals surface area contributed by atoms with Gasteiger partial charge in [-0.2, -0.15) is 4.72 Å². The summed E-state index contributed by atoms with van der Waals surface area (Å²) in [7, 11) is -3.73. The van der Waals surface area contributed by atoms with Gasteiger partial charge in [0.25, 0.3) is 10.0 Å². The van der Waals surface area contributed by atoms with Gasteiger partial charge in [0.15, 0.2) is 0 Å². The van der Waals surface area contributed by atoms with Gasteiger partial charge in [-0.25, -0.2) is 8.42 Å². The van der Waals surface area contributed by atoms with Gasteiger partial charge in [-0.15, -0.1) is 11.3 Å². The van der Waals surface area contributed by atoms with Crippen molar-refractivity contribution in [2.24, 2.45) is 11.7 Å². The molecule has 0 fully saturated rings. The monoisotopic (exact) mass is 354 g/mol. The summed E-state index contributed by atoms with van der Waals surface area (Å²) in [4.78, 5) is 11.3. The van der Waals surface area contributed by atoms with Crippen LogP contribution < -0.4 is 10.5 Å². The summed E-state index contributed by atoms with van der Waals surface area (Å²) in [5.74, 6) is -0.823. The highest BCUT2D eigenvalue weighted by Gasteiger charge is 2.29. The molecule has 1 aromatic rings. The number of sulfonamides is 1. The zero-order valence-corrected chi connectivity index (χ0v) is 13.2. The molecule has 8 heteroatoms. The summed E-state index contributed by atoms with van der Waals surface area (Å²) in [5, 5.41) is 1.65. The number of hydrogen-bond acceptors (Lipinski definition) is 4. The van der Waals surface area contributed by atoms with Crippen molar-refractivity contribution in [3.63, 3.8) is 0 Å². The third-order valence-corrected chi connectivity index (χ3v) is 6.74. The molecule has 18 heavy (non-hydrogen) atoms. The summed E-state index contributed by atoms with van der Waals surface area (Å²) in [6, 6.07) is 0.746. The Hall–Kier alpha value is -0.440. The quantitative estimate of drug-likeness (QED) is 0.814. The van der Waals surface area contributed by atoms with Gasteiger partial charge in [-0.05, 0) is 33.3 Å². The van der Waals surface area contributed by atoms with E-state index < -0.39 is 22.0 Å². The topological polar surface area (TPSA) is 89.3 Å². The van der Waals surface area contributed by atoms with Crippen molar-refractivity contribution in [2.75, 3.05) is 0 Å². The average Bonchev–Trinajstić information content (AvgIpc) is 2.72. The van der Waals surface area contributed by atoms with Crippen LogP contribution in [0, 0.1) is 5.92 Å². The number of amides is 1. The Morgan fingerprint density at radius 3 is 2.61 bits per heavy atom. The van der Waals surface area contributed by atoms with E-state index in [-0.39, 0.29) is 10.1 Å². The minimum Gasteiger partial charge on any atom is -0.368 e. The number of nitrogens with two attached hydrogens (primary N) is 1. The molecule has 1 amide bonds. The molecule has 102 valence electrons. The van der Waals surface area contributed by atoms with Crippen molar-refractivity contribution in [3.8, 4) is 0 Å². The van der Waals surface area contributed by atoms with Crippen molar-refractivity contribution in [3.05, 3.63) is 15.9 Å². The van der Waals surface area contributed by atoms with E-state index in [1.165, 1.54) is 0 Å². The lowest BCUT2D eigenvalue weighted by atomic mass is 10.00. The van der Waals surface area contributed by atoms with Crippen LogP contribution in [0.15, 0.2) is 20.1 Å². The van der Waals surface area contributed by atoms with Gasteiger partial charge < -0.3 is 5.73 Å². The fourth-order valence-electron chi connectivity index (χ4n) is 1.38. The first-order chi connectivity index (χ1) is 8.29. The fourth-order valence-corrected chi connectivity index (χ4v) is 5.05. The van der Waals surface area contributed by atoms with Crippen molar-refractivity contribution < 1.29 is 13.2 Å². The normalized spacial score (nSPS) is 15.3. The number of thiophene rings is 1. The summed E-state index contributed by atoms with van der Waals surface area (Å²) in [6.45, 7) is 3.65. The second-order valence-corrected chi connectivity index (χ2v) is 7.62. The summed E-state index contributed by atoms with van der Waals surface area (Å²) in [6.07, 6.45) is 0.655. The molecule has 0 aliphatic heterocycles. The van der Waals surface area contributed by atoms with E-state index in [0.717, 1.165) is 11.3 Å². The van der Waals surface area contributed by atoms with E-state index in [1.807, 2.05) is 6.92 Å². The Bertz CT molecular complexity index is 527. The number of primary amides is 1. The van der Waals surface area contributed by atoms with E-state index in [4.69, 9.17) is 5.73 Å². The van der Waals surface area contributed by atoms with Gasteiger partial charge in [-0.3, -0.25) is 4.79 Å². The zero-order valence-electron chi connectivity index (χ0n) is 10.0. The lowest BCUT2D eigenvalue weighted by molar-refractivity contribution is -0.120. The van der Waals surface area contributed by atoms with Crippen LogP contribution in [-0.4, -0.2) is 20.4 Å². The van der Waals surface area contributed by atoms with Crippen LogP contribution in [0.5, 0.6) is 0 Å². The van der Waals surface area contributed by atoms with Gasteiger partial charge in [0.1, 0.15) is 10.3 Å². The maximum Gasteiger partial charge on any atom is 0.251 e. The van der Waals surface area contributed by atoms with E-state index in [2.05, 4.69) is 20.7 Å². The largest absolute Gasteiger partial charge is 0.368 e. The van der Waals surface area contributed by atoms with Gasteiger partial charge in [0.2, 0.25) is 5.91 Å². The Kier molecular flexibility index (Phi) is 5.32. The predicted octanol–water partition coefficient (Wildman–Crippen LogP) is 1.69. The van der Waals surface area contributed by atoms with Crippen LogP contribution in [0.4, 0.5) is 0 Å². The SMILES string of the molecule is CCC(C)C(NS(=O)(=O)c1sccc1Br)C(N)=O. The molecule has 0 aromatic carbocycles.